The van der Waals surface area contributed by atoms with Gasteiger partial charge in [-0.15, -0.1) is 0 Å². The molecule has 0 heterocycles. The lowest BCUT2D eigenvalue weighted by Gasteiger charge is -2.26. The van der Waals surface area contributed by atoms with E-state index in [-0.39, 0.29) is 5.97 Å². The van der Waals surface area contributed by atoms with Gasteiger partial charge in [-0.3, -0.25) is 4.79 Å². The van der Waals surface area contributed by atoms with Crippen LogP contribution >= 0.6 is 11.8 Å². The van der Waals surface area contributed by atoms with Crippen LogP contribution in [0.3, 0.4) is 0 Å². The molecule has 1 aliphatic rings. The first-order valence-electron chi connectivity index (χ1n) is 5.98. The molecule has 2 N–H and O–H groups in total. The number of rotatable bonds is 5. The molecule has 2 unspecified atom stereocenters. The smallest absolute Gasteiger partial charge is 0.325 e. The molecule has 16 heavy (non-hydrogen) atoms. The number of nitrogens with two attached hydrogens (primary N) is 1. The highest BCUT2D eigenvalue weighted by atomic mass is 32.2. The van der Waals surface area contributed by atoms with Gasteiger partial charge in [-0.05, 0) is 26.2 Å². The molecule has 1 saturated carbocycles. The van der Waals surface area contributed by atoms with E-state index in [9.17, 15) is 4.79 Å². The molecule has 2 atom stereocenters. The minimum absolute atomic E-state index is 0.314. The maximum atomic E-state index is 11.4. The van der Waals surface area contributed by atoms with Gasteiger partial charge in [0.25, 0.3) is 0 Å². The molecule has 1 fully saturated rings. The number of hydrogen-bond acceptors (Lipinski definition) is 4. The van der Waals surface area contributed by atoms with E-state index in [4.69, 9.17) is 10.5 Å². The zero-order valence-electron chi connectivity index (χ0n) is 10.5. The second-order valence-electron chi connectivity index (χ2n) is 4.97. The normalized spacial score (nSPS) is 22.8. The molecular weight excluding hydrogens is 222 g/mol. The molecular formula is C12H23NO2S. The summed E-state index contributed by atoms with van der Waals surface area (Å²) in [5.74, 6) is -0.314. The summed E-state index contributed by atoms with van der Waals surface area (Å²) >= 11 is 1.97. The summed E-state index contributed by atoms with van der Waals surface area (Å²) < 4.78 is 4.71. The standard InChI is InChI=1S/C12H23NO2S/c1-9(16-10-6-4-5-7-10)8-12(2,13)11(14)15-3/h9-10H,4-8,13H2,1-3H3. The van der Waals surface area contributed by atoms with Gasteiger partial charge in [0.15, 0.2) is 0 Å². The van der Waals surface area contributed by atoms with Gasteiger partial charge in [-0.1, -0.05) is 19.8 Å². The minimum Gasteiger partial charge on any atom is -0.468 e. The number of carbonyl (C=O) groups excluding carboxylic acids is 1. The van der Waals surface area contributed by atoms with Crippen molar-refractivity contribution in [2.24, 2.45) is 5.73 Å². The van der Waals surface area contributed by atoms with Crippen molar-refractivity contribution in [3.05, 3.63) is 0 Å². The predicted molar refractivity (Wildman–Crippen MR) is 68.5 cm³/mol. The highest BCUT2D eigenvalue weighted by molar-refractivity contribution is 8.00. The first-order chi connectivity index (χ1) is 7.45. The highest BCUT2D eigenvalue weighted by Gasteiger charge is 2.32. The van der Waals surface area contributed by atoms with Crippen molar-refractivity contribution < 1.29 is 9.53 Å². The van der Waals surface area contributed by atoms with Gasteiger partial charge in [0.2, 0.25) is 0 Å². The molecule has 0 spiro atoms. The highest BCUT2D eigenvalue weighted by Crippen LogP contribution is 2.34. The number of carbonyl (C=O) groups is 1. The van der Waals surface area contributed by atoms with Crippen LogP contribution in [0.15, 0.2) is 0 Å². The third kappa shape index (κ3) is 3.98. The monoisotopic (exact) mass is 245 g/mol. The molecule has 0 aromatic rings. The van der Waals surface area contributed by atoms with Gasteiger partial charge >= 0.3 is 5.97 Å². The van der Waals surface area contributed by atoms with Crippen molar-refractivity contribution in [1.29, 1.82) is 0 Å². The third-order valence-electron chi connectivity index (χ3n) is 3.09. The Labute approximate surface area is 102 Å². The van der Waals surface area contributed by atoms with Crippen LogP contribution in [0.25, 0.3) is 0 Å². The number of methoxy groups -OCH3 is 1. The van der Waals surface area contributed by atoms with Crippen LogP contribution in [0.4, 0.5) is 0 Å². The summed E-state index contributed by atoms with van der Waals surface area (Å²) in [6, 6.07) is 0. The van der Waals surface area contributed by atoms with Crippen molar-refractivity contribution in [3.8, 4) is 0 Å². The molecule has 1 aliphatic carbocycles. The number of thioether (sulfide) groups is 1. The van der Waals surface area contributed by atoms with Crippen LogP contribution in [0, 0.1) is 0 Å². The van der Waals surface area contributed by atoms with Crippen LogP contribution in [0.2, 0.25) is 0 Å². The van der Waals surface area contributed by atoms with Gasteiger partial charge in [-0.25, -0.2) is 0 Å². The van der Waals surface area contributed by atoms with Crippen LogP contribution < -0.4 is 5.73 Å². The third-order valence-corrected chi connectivity index (χ3v) is 4.58. The Morgan fingerprint density at radius 2 is 2.12 bits per heavy atom. The van der Waals surface area contributed by atoms with Gasteiger partial charge in [0.05, 0.1) is 7.11 Å². The fraction of sp³-hybridized carbons (Fsp3) is 0.917. The van der Waals surface area contributed by atoms with Gasteiger partial charge in [-0.2, -0.15) is 11.8 Å². The Morgan fingerprint density at radius 3 is 2.62 bits per heavy atom. The quantitative estimate of drug-likeness (QED) is 0.755. The van der Waals surface area contributed by atoms with Crippen molar-refractivity contribution in [3.63, 3.8) is 0 Å². The van der Waals surface area contributed by atoms with Crippen molar-refractivity contribution in [1.82, 2.24) is 0 Å². The van der Waals surface area contributed by atoms with Crippen molar-refractivity contribution >= 4 is 17.7 Å². The zero-order valence-corrected chi connectivity index (χ0v) is 11.3. The summed E-state index contributed by atoms with van der Waals surface area (Å²) in [7, 11) is 1.39. The van der Waals surface area contributed by atoms with E-state index in [1.165, 1.54) is 32.8 Å². The lowest BCUT2D eigenvalue weighted by molar-refractivity contribution is -0.146. The van der Waals surface area contributed by atoms with Crippen molar-refractivity contribution in [2.45, 2.75) is 62.0 Å². The number of ether oxygens (including phenoxy) is 1. The molecule has 94 valence electrons. The first-order valence-corrected chi connectivity index (χ1v) is 6.93. The van der Waals surface area contributed by atoms with E-state index in [0.29, 0.717) is 11.7 Å². The SMILES string of the molecule is COC(=O)C(C)(N)CC(C)SC1CCCC1. The summed E-state index contributed by atoms with van der Waals surface area (Å²) in [5, 5.41) is 1.18. The summed E-state index contributed by atoms with van der Waals surface area (Å²) in [5.41, 5.74) is 5.11. The Kier molecular flexibility index (Phi) is 5.12. The van der Waals surface area contributed by atoms with Gasteiger partial charge in [0, 0.05) is 10.5 Å². The molecule has 0 aliphatic heterocycles. The molecule has 0 bridgehead atoms. The second kappa shape index (κ2) is 5.92. The lowest BCUT2D eigenvalue weighted by atomic mass is 9.98. The van der Waals surface area contributed by atoms with Gasteiger partial charge < -0.3 is 10.5 Å². The van der Waals surface area contributed by atoms with E-state index in [2.05, 4.69) is 6.92 Å². The predicted octanol–water partition coefficient (Wildman–Crippen LogP) is 2.33. The molecule has 0 aromatic heterocycles. The fourth-order valence-corrected chi connectivity index (χ4v) is 4.02. The number of hydrogen-bond donors (Lipinski definition) is 1. The largest absolute Gasteiger partial charge is 0.468 e. The molecule has 0 radical (unpaired) electrons. The molecule has 0 saturated heterocycles. The summed E-state index contributed by atoms with van der Waals surface area (Å²) in [6.45, 7) is 3.90. The zero-order chi connectivity index (χ0) is 12.2. The molecule has 3 nitrogen and oxygen atoms in total. The maximum Gasteiger partial charge on any atom is 0.325 e. The lowest BCUT2D eigenvalue weighted by Crippen LogP contribution is -2.47. The van der Waals surface area contributed by atoms with Crippen LogP contribution in [-0.2, 0) is 9.53 Å². The Balaban J connectivity index is 2.37. The van der Waals surface area contributed by atoms with Crippen molar-refractivity contribution in [2.75, 3.05) is 7.11 Å². The van der Waals surface area contributed by atoms with E-state index in [1.54, 1.807) is 6.92 Å². The summed E-state index contributed by atoms with van der Waals surface area (Å²) in [4.78, 5) is 11.4. The van der Waals surface area contributed by atoms with Gasteiger partial charge in [0.1, 0.15) is 5.54 Å². The van der Waals surface area contributed by atoms with Crippen LogP contribution in [-0.4, -0.2) is 29.1 Å². The Morgan fingerprint density at radius 1 is 1.56 bits per heavy atom. The van der Waals surface area contributed by atoms with Crippen LogP contribution in [0.5, 0.6) is 0 Å². The average molecular weight is 245 g/mol. The fourth-order valence-electron chi connectivity index (χ4n) is 2.31. The molecule has 0 aromatic carbocycles. The molecule has 0 amide bonds. The maximum absolute atomic E-state index is 11.4. The van der Waals surface area contributed by atoms with Crippen LogP contribution in [0.1, 0.15) is 46.0 Å². The average Bonchev–Trinajstić information content (AvgIpc) is 2.67. The van der Waals surface area contributed by atoms with E-state index in [0.717, 1.165) is 5.25 Å². The Hall–Kier alpha value is -0.220. The molecule has 4 heteroatoms. The number of esters is 1. The first kappa shape index (κ1) is 13.8. The van der Waals surface area contributed by atoms with E-state index < -0.39 is 5.54 Å². The van der Waals surface area contributed by atoms with E-state index >= 15 is 0 Å². The summed E-state index contributed by atoms with van der Waals surface area (Å²) in [6.07, 6.45) is 6.01. The minimum atomic E-state index is -0.847. The second-order valence-corrected chi connectivity index (χ2v) is 6.71. The van der Waals surface area contributed by atoms with E-state index in [1.807, 2.05) is 11.8 Å². The Bertz CT molecular complexity index is 237. The molecule has 1 rings (SSSR count). The topological polar surface area (TPSA) is 52.3 Å².